The zero-order valence-electron chi connectivity index (χ0n) is 10.4. The second kappa shape index (κ2) is 5.35. The second-order valence-corrected chi connectivity index (χ2v) is 3.99. The van der Waals surface area contributed by atoms with Gasteiger partial charge in [0.2, 0.25) is 5.89 Å². The van der Waals surface area contributed by atoms with E-state index in [1.807, 2.05) is 44.2 Å². The summed E-state index contributed by atoms with van der Waals surface area (Å²) in [6.07, 6.45) is 1.67. The highest BCUT2D eigenvalue weighted by Crippen LogP contribution is 2.16. The number of aryl methyl sites for hydroxylation is 1. The van der Waals surface area contributed by atoms with Crippen LogP contribution < -0.4 is 11.1 Å². The maximum Gasteiger partial charge on any atom is 0.219 e. The number of oxazole rings is 1. The summed E-state index contributed by atoms with van der Waals surface area (Å²) in [5.41, 5.74) is 6.72. The number of aromatic nitrogens is 1. The van der Waals surface area contributed by atoms with Gasteiger partial charge in [0.15, 0.2) is 5.96 Å². The van der Waals surface area contributed by atoms with E-state index in [4.69, 9.17) is 10.2 Å². The average Bonchev–Trinajstić information content (AvgIpc) is 2.77. The Morgan fingerprint density at radius 2 is 2.11 bits per heavy atom. The van der Waals surface area contributed by atoms with Crippen LogP contribution in [0.2, 0.25) is 0 Å². The van der Waals surface area contributed by atoms with Crippen LogP contribution in [0.25, 0.3) is 0 Å². The van der Waals surface area contributed by atoms with Crippen molar-refractivity contribution in [1.82, 2.24) is 4.98 Å². The van der Waals surface area contributed by atoms with Crippen LogP contribution in [0.5, 0.6) is 0 Å². The Hall–Kier alpha value is -2.30. The smallest absolute Gasteiger partial charge is 0.219 e. The fourth-order valence-electron chi connectivity index (χ4n) is 1.53. The number of guanidine groups is 1. The van der Waals surface area contributed by atoms with E-state index in [2.05, 4.69) is 15.3 Å². The number of para-hydroxylation sites is 1. The second-order valence-electron chi connectivity index (χ2n) is 3.99. The molecular formula is C13H16N4O. The first kappa shape index (κ1) is 12.2. The van der Waals surface area contributed by atoms with Crippen LogP contribution in [0.3, 0.4) is 0 Å². The molecule has 2 rings (SSSR count). The van der Waals surface area contributed by atoms with Gasteiger partial charge in [-0.25, -0.2) is 9.98 Å². The van der Waals surface area contributed by atoms with Crippen LogP contribution >= 0.6 is 0 Å². The molecule has 94 valence electrons. The molecule has 0 bridgehead atoms. The number of nitrogens with one attached hydrogen (secondary N) is 1. The summed E-state index contributed by atoms with van der Waals surface area (Å²) in [6, 6.07) is 9.42. The molecule has 18 heavy (non-hydrogen) atoms. The normalized spacial score (nSPS) is 13.3. The molecular weight excluding hydrogens is 228 g/mol. The van der Waals surface area contributed by atoms with Gasteiger partial charge in [-0.15, -0.1) is 0 Å². The molecule has 0 spiro atoms. The van der Waals surface area contributed by atoms with E-state index in [1.54, 1.807) is 6.20 Å². The lowest BCUT2D eigenvalue weighted by atomic mass is 10.3. The predicted octanol–water partition coefficient (Wildman–Crippen LogP) is 2.47. The molecule has 1 aromatic carbocycles. The number of nitrogens with two attached hydrogens (primary N) is 1. The number of anilines is 1. The van der Waals surface area contributed by atoms with Crippen LogP contribution in [0, 0.1) is 6.92 Å². The van der Waals surface area contributed by atoms with Crippen LogP contribution in [-0.2, 0) is 0 Å². The third-order valence-corrected chi connectivity index (χ3v) is 2.38. The number of rotatable bonds is 3. The number of aliphatic imine (C=N–C) groups is 1. The summed E-state index contributed by atoms with van der Waals surface area (Å²) in [5.74, 6) is 1.66. The standard InChI is InChI=1S/C13H16N4O/c1-9-8-15-12(18-9)10(2)16-13(14)17-11-6-4-3-5-7-11/h3-8,10H,1-2H3,(H3,14,16,17). The molecule has 0 fully saturated rings. The third kappa shape index (κ3) is 3.10. The molecule has 3 N–H and O–H groups in total. The Bertz CT molecular complexity index is 533. The lowest BCUT2D eigenvalue weighted by Gasteiger charge is -2.07. The topological polar surface area (TPSA) is 76.4 Å². The average molecular weight is 244 g/mol. The largest absolute Gasteiger partial charge is 0.444 e. The molecule has 0 radical (unpaired) electrons. The van der Waals surface area contributed by atoms with Gasteiger partial charge in [0.25, 0.3) is 0 Å². The molecule has 0 aliphatic rings. The summed E-state index contributed by atoms with van der Waals surface area (Å²) < 4.78 is 5.39. The minimum absolute atomic E-state index is 0.213. The molecule has 2 aromatic rings. The summed E-state index contributed by atoms with van der Waals surface area (Å²) >= 11 is 0. The van der Waals surface area contributed by atoms with Crippen molar-refractivity contribution < 1.29 is 4.42 Å². The highest BCUT2D eigenvalue weighted by molar-refractivity contribution is 5.92. The number of nitrogens with zero attached hydrogens (tertiary/aromatic N) is 2. The molecule has 0 saturated carbocycles. The molecule has 1 unspecified atom stereocenters. The monoisotopic (exact) mass is 244 g/mol. The van der Waals surface area contributed by atoms with Crippen LogP contribution in [0.1, 0.15) is 24.6 Å². The minimum Gasteiger partial charge on any atom is -0.444 e. The van der Waals surface area contributed by atoms with Crippen molar-refractivity contribution in [3.8, 4) is 0 Å². The fourth-order valence-corrected chi connectivity index (χ4v) is 1.53. The van der Waals surface area contributed by atoms with Crippen molar-refractivity contribution in [2.24, 2.45) is 10.7 Å². The summed E-state index contributed by atoms with van der Waals surface area (Å²) in [7, 11) is 0. The van der Waals surface area contributed by atoms with E-state index in [0.29, 0.717) is 11.9 Å². The SMILES string of the molecule is Cc1cnc(C(C)N=C(N)Nc2ccccc2)o1. The van der Waals surface area contributed by atoms with Crippen molar-refractivity contribution in [3.63, 3.8) is 0 Å². The van der Waals surface area contributed by atoms with Crippen molar-refractivity contribution >= 4 is 11.6 Å². The maximum atomic E-state index is 5.82. The van der Waals surface area contributed by atoms with Gasteiger partial charge in [0.1, 0.15) is 11.8 Å². The minimum atomic E-state index is -0.213. The molecule has 0 aliphatic carbocycles. The van der Waals surface area contributed by atoms with Gasteiger partial charge in [-0.3, -0.25) is 0 Å². The van der Waals surface area contributed by atoms with E-state index in [9.17, 15) is 0 Å². The van der Waals surface area contributed by atoms with E-state index < -0.39 is 0 Å². The van der Waals surface area contributed by atoms with Crippen LogP contribution in [-0.4, -0.2) is 10.9 Å². The summed E-state index contributed by atoms with van der Waals surface area (Å²) in [6.45, 7) is 3.73. The van der Waals surface area contributed by atoms with Crippen molar-refractivity contribution in [2.45, 2.75) is 19.9 Å². The van der Waals surface area contributed by atoms with Crippen LogP contribution in [0.4, 0.5) is 5.69 Å². The first-order valence-corrected chi connectivity index (χ1v) is 5.73. The maximum absolute atomic E-state index is 5.82. The summed E-state index contributed by atoms with van der Waals surface area (Å²) in [4.78, 5) is 8.40. The van der Waals surface area contributed by atoms with Gasteiger partial charge in [0.05, 0.1) is 6.20 Å². The molecule has 1 aromatic heterocycles. The fraction of sp³-hybridized carbons (Fsp3) is 0.231. The Kier molecular flexibility index (Phi) is 3.62. The molecule has 1 heterocycles. The van der Waals surface area contributed by atoms with E-state index >= 15 is 0 Å². The molecule has 0 aliphatic heterocycles. The highest BCUT2D eigenvalue weighted by Gasteiger charge is 2.10. The quantitative estimate of drug-likeness (QED) is 0.642. The van der Waals surface area contributed by atoms with Gasteiger partial charge in [-0.1, -0.05) is 18.2 Å². The zero-order chi connectivity index (χ0) is 13.0. The van der Waals surface area contributed by atoms with Gasteiger partial charge >= 0.3 is 0 Å². The van der Waals surface area contributed by atoms with Crippen molar-refractivity contribution in [1.29, 1.82) is 0 Å². The number of benzene rings is 1. The highest BCUT2D eigenvalue weighted by atomic mass is 16.4. The third-order valence-electron chi connectivity index (χ3n) is 2.38. The van der Waals surface area contributed by atoms with Crippen LogP contribution in [0.15, 0.2) is 45.9 Å². The lowest BCUT2D eigenvalue weighted by Crippen LogP contribution is -2.23. The predicted molar refractivity (Wildman–Crippen MR) is 71.3 cm³/mol. The van der Waals surface area contributed by atoms with Gasteiger partial charge in [-0.2, -0.15) is 0 Å². The first-order valence-electron chi connectivity index (χ1n) is 5.73. The van der Waals surface area contributed by atoms with Gasteiger partial charge in [0, 0.05) is 5.69 Å². The lowest BCUT2D eigenvalue weighted by molar-refractivity contribution is 0.445. The van der Waals surface area contributed by atoms with Crippen molar-refractivity contribution in [3.05, 3.63) is 48.2 Å². The molecule has 0 saturated heterocycles. The van der Waals surface area contributed by atoms with E-state index in [1.165, 1.54) is 0 Å². The Morgan fingerprint density at radius 3 is 2.72 bits per heavy atom. The number of hydrogen-bond acceptors (Lipinski definition) is 3. The van der Waals surface area contributed by atoms with E-state index in [-0.39, 0.29) is 6.04 Å². The molecule has 5 heteroatoms. The Balaban J connectivity index is 2.04. The number of hydrogen-bond donors (Lipinski definition) is 2. The summed E-state index contributed by atoms with van der Waals surface area (Å²) in [5, 5.41) is 3.01. The van der Waals surface area contributed by atoms with Gasteiger partial charge in [-0.05, 0) is 26.0 Å². The Labute approximate surface area is 106 Å². The molecule has 5 nitrogen and oxygen atoms in total. The first-order chi connectivity index (χ1) is 8.65. The molecule has 0 amide bonds. The Morgan fingerprint density at radius 1 is 1.39 bits per heavy atom. The van der Waals surface area contributed by atoms with Gasteiger partial charge < -0.3 is 15.5 Å². The zero-order valence-corrected chi connectivity index (χ0v) is 10.4. The van der Waals surface area contributed by atoms with E-state index in [0.717, 1.165) is 11.4 Å². The van der Waals surface area contributed by atoms with Crippen molar-refractivity contribution in [2.75, 3.05) is 5.32 Å². The molecule has 1 atom stereocenters.